The molecule has 2 N–H and O–H groups in total. The first kappa shape index (κ1) is 27.5. The van der Waals surface area contributed by atoms with Crippen molar-refractivity contribution in [1.82, 2.24) is 0 Å². The van der Waals surface area contributed by atoms with E-state index < -0.39 is 22.8 Å². The number of hydrogen-bond donors (Lipinski definition) is 2. The highest BCUT2D eigenvalue weighted by molar-refractivity contribution is 5.75. The lowest BCUT2D eigenvalue weighted by Crippen LogP contribution is -2.59. The van der Waals surface area contributed by atoms with E-state index in [0.717, 1.165) is 43.4 Å². The summed E-state index contributed by atoms with van der Waals surface area (Å²) < 4.78 is 0. The molecule has 0 bridgehead atoms. The molecule has 3 rings (SSSR count). The summed E-state index contributed by atoms with van der Waals surface area (Å²) in [5, 5.41) is 20.0. The quantitative estimate of drug-likeness (QED) is 0.355. The number of carboxylic acid groups (broad SMARTS) is 2. The van der Waals surface area contributed by atoms with E-state index in [2.05, 4.69) is 41.5 Å². The fraction of sp³-hybridized carbons (Fsp3) is 0.933. The molecule has 34 heavy (non-hydrogen) atoms. The van der Waals surface area contributed by atoms with Crippen molar-refractivity contribution in [2.45, 2.75) is 120 Å². The standard InChI is InChI=1S/C30H52O4/c1-19(2)10-9-11-20(3)21-14-16-30(8)23-12-13-24(27(4,5)26(33)34)28(6,18-25(31)32)22(23)15-17-29(21,30)7/h19-24H,9-18H2,1-8H3,(H,31,32)(H,33,34)/t20-,21+,22-,23+,24-,28+,29-,30+/m1/s1. The van der Waals surface area contributed by atoms with E-state index in [4.69, 9.17) is 0 Å². The molecule has 196 valence electrons. The Kier molecular flexibility index (Phi) is 7.64. The predicted molar refractivity (Wildman–Crippen MR) is 138 cm³/mol. The summed E-state index contributed by atoms with van der Waals surface area (Å²) in [7, 11) is 0. The van der Waals surface area contributed by atoms with Gasteiger partial charge in [0.25, 0.3) is 0 Å². The van der Waals surface area contributed by atoms with E-state index in [-0.39, 0.29) is 23.7 Å². The van der Waals surface area contributed by atoms with Crippen LogP contribution in [0.15, 0.2) is 0 Å². The van der Waals surface area contributed by atoms with Crippen molar-refractivity contribution >= 4 is 11.9 Å². The number of hydrogen-bond acceptors (Lipinski definition) is 2. The molecule has 0 saturated heterocycles. The number of carboxylic acids is 2. The van der Waals surface area contributed by atoms with E-state index in [1.165, 1.54) is 32.1 Å². The van der Waals surface area contributed by atoms with Gasteiger partial charge in [-0.3, -0.25) is 9.59 Å². The molecule has 0 amide bonds. The first-order valence-electron chi connectivity index (χ1n) is 14.1. The molecule has 0 aromatic heterocycles. The third-order valence-electron chi connectivity index (χ3n) is 11.9. The van der Waals surface area contributed by atoms with Crippen molar-refractivity contribution in [2.24, 2.45) is 57.2 Å². The maximum atomic E-state index is 12.2. The lowest BCUT2D eigenvalue weighted by molar-refractivity contribution is -0.186. The van der Waals surface area contributed by atoms with E-state index in [0.29, 0.717) is 11.3 Å². The molecular formula is C30H52O4. The molecule has 4 nitrogen and oxygen atoms in total. The average molecular weight is 477 g/mol. The molecule has 4 heteroatoms. The molecular weight excluding hydrogens is 424 g/mol. The first-order chi connectivity index (χ1) is 15.6. The van der Waals surface area contributed by atoms with Crippen LogP contribution in [0.4, 0.5) is 0 Å². The molecule has 0 heterocycles. The minimum Gasteiger partial charge on any atom is -0.481 e. The highest BCUT2D eigenvalue weighted by atomic mass is 16.4. The average Bonchev–Trinajstić information content (AvgIpc) is 2.98. The maximum absolute atomic E-state index is 12.2. The summed E-state index contributed by atoms with van der Waals surface area (Å²) in [5.74, 6) is 1.32. The predicted octanol–water partition coefficient (Wildman–Crippen LogP) is 7.90. The number of rotatable bonds is 9. The van der Waals surface area contributed by atoms with Crippen LogP contribution in [0.3, 0.4) is 0 Å². The van der Waals surface area contributed by atoms with Gasteiger partial charge in [0, 0.05) is 0 Å². The molecule has 0 aliphatic heterocycles. The highest BCUT2D eigenvalue weighted by Gasteiger charge is 2.67. The van der Waals surface area contributed by atoms with Crippen molar-refractivity contribution in [2.75, 3.05) is 0 Å². The van der Waals surface area contributed by atoms with Gasteiger partial charge in [0.15, 0.2) is 0 Å². The second-order valence-electron chi connectivity index (χ2n) is 14.3. The van der Waals surface area contributed by atoms with Gasteiger partial charge in [-0.2, -0.15) is 0 Å². The van der Waals surface area contributed by atoms with Crippen LogP contribution >= 0.6 is 0 Å². The van der Waals surface area contributed by atoms with Crippen LogP contribution < -0.4 is 0 Å². The number of fused-ring (bicyclic) bond motifs is 3. The van der Waals surface area contributed by atoms with Crippen molar-refractivity contribution in [3.63, 3.8) is 0 Å². The number of aliphatic carboxylic acids is 2. The van der Waals surface area contributed by atoms with Crippen LogP contribution in [0.5, 0.6) is 0 Å². The van der Waals surface area contributed by atoms with Gasteiger partial charge in [-0.1, -0.05) is 60.8 Å². The Balaban J connectivity index is 1.91. The minimum atomic E-state index is -0.917. The largest absolute Gasteiger partial charge is 0.481 e. The topological polar surface area (TPSA) is 74.6 Å². The lowest BCUT2D eigenvalue weighted by atomic mass is 9.39. The fourth-order valence-corrected chi connectivity index (χ4v) is 9.78. The van der Waals surface area contributed by atoms with Gasteiger partial charge in [-0.25, -0.2) is 0 Å². The molecule has 3 aliphatic rings. The second-order valence-corrected chi connectivity index (χ2v) is 14.3. The van der Waals surface area contributed by atoms with Crippen LogP contribution in [0, 0.1) is 57.2 Å². The van der Waals surface area contributed by atoms with Gasteiger partial charge in [-0.15, -0.1) is 0 Å². The Morgan fingerprint density at radius 3 is 2.06 bits per heavy atom. The molecule has 3 fully saturated rings. The first-order valence-corrected chi connectivity index (χ1v) is 14.1. The normalized spacial score (nSPS) is 41.1. The van der Waals surface area contributed by atoms with Crippen molar-refractivity contribution in [3.8, 4) is 0 Å². The third-order valence-corrected chi connectivity index (χ3v) is 11.9. The molecule has 0 radical (unpaired) electrons. The van der Waals surface area contributed by atoms with Crippen LogP contribution in [0.2, 0.25) is 0 Å². The molecule has 3 aliphatic carbocycles. The zero-order chi connectivity index (χ0) is 25.7. The second kappa shape index (κ2) is 9.43. The summed E-state index contributed by atoms with van der Waals surface area (Å²) >= 11 is 0. The summed E-state index contributed by atoms with van der Waals surface area (Å²) in [6.07, 6.45) is 10.6. The van der Waals surface area contributed by atoms with Crippen LogP contribution in [-0.4, -0.2) is 22.2 Å². The summed E-state index contributed by atoms with van der Waals surface area (Å²) in [6, 6.07) is 0. The van der Waals surface area contributed by atoms with Gasteiger partial charge in [0.05, 0.1) is 11.8 Å². The SMILES string of the molecule is CC(C)CCC[C@@H](C)[C@@H]1CC[C@@]2(C)[C@H]3CC[C@H](C(C)(C)C(=O)O)[C@@](C)(CC(=O)O)[C@@H]3CC[C@]12C. The fourth-order valence-electron chi connectivity index (χ4n) is 9.78. The van der Waals surface area contributed by atoms with Gasteiger partial charge in [0.1, 0.15) is 0 Å². The van der Waals surface area contributed by atoms with Crippen molar-refractivity contribution in [3.05, 3.63) is 0 Å². The summed E-state index contributed by atoms with van der Waals surface area (Å²) in [5.41, 5.74) is -0.891. The number of carbonyl (C=O) groups is 2. The molecule has 0 aromatic carbocycles. The minimum absolute atomic E-state index is 0.0807. The van der Waals surface area contributed by atoms with E-state index >= 15 is 0 Å². The smallest absolute Gasteiger partial charge is 0.309 e. The molecule has 3 saturated carbocycles. The third kappa shape index (κ3) is 4.34. The van der Waals surface area contributed by atoms with Crippen LogP contribution in [0.25, 0.3) is 0 Å². The van der Waals surface area contributed by atoms with Crippen molar-refractivity contribution in [1.29, 1.82) is 0 Å². The molecule has 8 atom stereocenters. The summed E-state index contributed by atoms with van der Waals surface area (Å²) in [4.78, 5) is 24.4. The monoisotopic (exact) mass is 476 g/mol. The Hall–Kier alpha value is -1.06. The Morgan fingerprint density at radius 1 is 0.882 bits per heavy atom. The van der Waals surface area contributed by atoms with Crippen LogP contribution in [0.1, 0.15) is 120 Å². The van der Waals surface area contributed by atoms with Gasteiger partial charge in [-0.05, 0) is 104 Å². The van der Waals surface area contributed by atoms with Gasteiger partial charge < -0.3 is 10.2 Å². The summed E-state index contributed by atoms with van der Waals surface area (Å²) in [6.45, 7) is 18.0. The van der Waals surface area contributed by atoms with E-state index in [9.17, 15) is 19.8 Å². The lowest BCUT2D eigenvalue weighted by Gasteiger charge is -2.65. The zero-order valence-electron chi connectivity index (χ0n) is 23.2. The zero-order valence-corrected chi connectivity index (χ0v) is 23.2. The molecule has 0 unspecified atom stereocenters. The molecule has 0 aromatic rings. The van der Waals surface area contributed by atoms with Gasteiger partial charge in [0.2, 0.25) is 0 Å². The van der Waals surface area contributed by atoms with Gasteiger partial charge >= 0.3 is 11.9 Å². The van der Waals surface area contributed by atoms with Crippen LogP contribution in [-0.2, 0) is 9.59 Å². The van der Waals surface area contributed by atoms with E-state index in [1.807, 2.05) is 13.8 Å². The molecule has 0 spiro atoms. The van der Waals surface area contributed by atoms with Crippen molar-refractivity contribution < 1.29 is 19.8 Å². The Labute approximate surface area is 208 Å². The Morgan fingerprint density at radius 2 is 1.50 bits per heavy atom. The van der Waals surface area contributed by atoms with E-state index in [1.54, 1.807) is 0 Å². The maximum Gasteiger partial charge on any atom is 0.309 e. The Bertz CT molecular complexity index is 772. The highest BCUT2D eigenvalue weighted by Crippen LogP contribution is 2.73.